The molecule has 3 nitrogen and oxygen atoms in total. The quantitative estimate of drug-likeness (QED) is 0.653. The predicted octanol–water partition coefficient (Wildman–Crippen LogP) is 4.64. The van der Waals surface area contributed by atoms with E-state index in [1.165, 1.54) is 40.0 Å². The van der Waals surface area contributed by atoms with Gasteiger partial charge in [-0.05, 0) is 56.1 Å². The number of fused-ring (bicyclic) bond motifs is 3. The number of likely N-dealkylation sites (N-methyl/N-ethyl adjacent to an activating group) is 1. The van der Waals surface area contributed by atoms with Gasteiger partial charge < -0.3 is 9.47 Å². The summed E-state index contributed by atoms with van der Waals surface area (Å²) in [6.07, 6.45) is -0.363. The Morgan fingerprint density at radius 1 is 1.07 bits per heavy atom. The molecule has 0 radical (unpaired) electrons. The molecular formula is C22H24F3N3. The molecule has 3 aromatic rings. The summed E-state index contributed by atoms with van der Waals surface area (Å²) in [6, 6.07) is 9.17. The Labute approximate surface area is 162 Å². The van der Waals surface area contributed by atoms with Crippen LogP contribution in [0.2, 0.25) is 0 Å². The zero-order valence-corrected chi connectivity index (χ0v) is 16.2. The van der Waals surface area contributed by atoms with Crippen molar-refractivity contribution in [2.75, 3.05) is 20.1 Å². The molecule has 0 spiro atoms. The van der Waals surface area contributed by atoms with Crippen molar-refractivity contribution in [3.05, 3.63) is 64.6 Å². The van der Waals surface area contributed by atoms with Crippen LogP contribution in [0.4, 0.5) is 13.2 Å². The van der Waals surface area contributed by atoms with E-state index in [0.717, 1.165) is 44.1 Å². The van der Waals surface area contributed by atoms with Crippen LogP contribution in [-0.2, 0) is 32.0 Å². The van der Waals surface area contributed by atoms with Gasteiger partial charge in [-0.15, -0.1) is 0 Å². The van der Waals surface area contributed by atoms with Crippen LogP contribution in [0, 0.1) is 6.92 Å². The first-order valence-corrected chi connectivity index (χ1v) is 9.64. The molecular weight excluding hydrogens is 363 g/mol. The number of nitrogens with zero attached hydrogens (tertiary/aromatic N) is 3. The van der Waals surface area contributed by atoms with E-state index in [9.17, 15) is 13.2 Å². The van der Waals surface area contributed by atoms with Gasteiger partial charge in [0.2, 0.25) is 0 Å². The molecule has 0 aliphatic carbocycles. The van der Waals surface area contributed by atoms with Gasteiger partial charge in [-0.3, -0.25) is 4.98 Å². The fourth-order valence-electron chi connectivity index (χ4n) is 4.10. The standard InChI is InChI=1S/C22H24F3N3/c1-15-3-5-19-18(13-15)17-8-10-27(2)11-9-20(17)28(19)12-7-16-4-6-21(26-14-16)22(23,24)25/h3-6,13-14H,7-12H2,1-2H3. The van der Waals surface area contributed by atoms with Gasteiger partial charge in [-0.1, -0.05) is 17.7 Å². The smallest absolute Gasteiger partial charge is 0.344 e. The van der Waals surface area contributed by atoms with Crippen LogP contribution in [0.5, 0.6) is 0 Å². The summed E-state index contributed by atoms with van der Waals surface area (Å²) in [4.78, 5) is 5.95. The zero-order valence-electron chi connectivity index (χ0n) is 16.2. The van der Waals surface area contributed by atoms with Crippen molar-refractivity contribution in [3.63, 3.8) is 0 Å². The number of hydrogen-bond donors (Lipinski definition) is 0. The lowest BCUT2D eigenvalue weighted by atomic mass is 10.1. The number of aryl methyl sites for hydroxylation is 3. The van der Waals surface area contributed by atoms with Crippen molar-refractivity contribution in [1.82, 2.24) is 14.5 Å². The van der Waals surface area contributed by atoms with E-state index in [0.29, 0.717) is 6.42 Å². The van der Waals surface area contributed by atoms with Crippen molar-refractivity contribution in [1.29, 1.82) is 0 Å². The van der Waals surface area contributed by atoms with Gasteiger partial charge in [0.1, 0.15) is 5.69 Å². The summed E-state index contributed by atoms with van der Waals surface area (Å²) in [7, 11) is 2.15. The second-order valence-electron chi connectivity index (χ2n) is 7.70. The lowest BCUT2D eigenvalue weighted by Gasteiger charge is -2.14. The van der Waals surface area contributed by atoms with Gasteiger partial charge in [0.15, 0.2) is 0 Å². The Morgan fingerprint density at radius 2 is 1.86 bits per heavy atom. The van der Waals surface area contributed by atoms with E-state index in [2.05, 4.69) is 46.6 Å². The van der Waals surface area contributed by atoms with Gasteiger partial charge in [-0.2, -0.15) is 13.2 Å². The molecule has 0 atom stereocenters. The Hall–Kier alpha value is -2.34. The normalized spacial score (nSPS) is 15.6. The van der Waals surface area contributed by atoms with Crippen LogP contribution in [0.1, 0.15) is 28.1 Å². The van der Waals surface area contributed by atoms with E-state index in [-0.39, 0.29) is 0 Å². The van der Waals surface area contributed by atoms with Gasteiger partial charge in [-0.25, -0.2) is 0 Å². The number of rotatable bonds is 3. The molecule has 1 aromatic carbocycles. The minimum atomic E-state index is -4.39. The lowest BCUT2D eigenvalue weighted by molar-refractivity contribution is -0.141. The zero-order chi connectivity index (χ0) is 19.9. The molecule has 1 aliphatic heterocycles. The summed E-state index contributed by atoms with van der Waals surface area (Å²) >= 11 is 0. The minimum Gasteiger partial charge on any atom is -0.344 e. The predicted molar refractivity (Wildman–Crippen MR) is 105 cm³/mol. The molecule has 0 saturated heterocycles. The second kappa shape index (κ2) is 7.24. The number of hydrogen-bond acceptors (Lipinski definition) is 2. The molecule has 148 valence electrons. The highest BCUT2D eigenvalue weighted by atomic mass is 19.4. The molecule has 6 heteroatoms. The molecule has 1 aliphatic rings. The molecule has 0 fully saturated rings. The summed E-state index contributed by atoms with van der Waals surface area (Å²) < 4.78 is 40.5. The molecule has 0 amide bonds. The van der Waals surface area contributed by atoms with E-state index < -0.39 is 11.9 Å². The fourth-order valence-corrected chi connectivity index (χ4v) is 4.10. The molecule has 3 heterocycles. The topological polar surface area (TPSA) is 21.1 Å². The van der Waals surface area contributed by atoms with Crippen LogP contribution in [0.15, 0.2) is 36.5 Å². The van der Waals surface area contributed by atoms with E-state index in [1.54, 1.807) is 0 Å². The van der Waals surface area contributed by atoms with Crippen LogP contribution in [0.3, 0.4) is 0 Å². The third-order valence-electron chi connectivity index (χ3n) is 5.66. The molecule has 0 saturated carbocycles. The number of pyridine rings is 1. The van der Waals surface area contributed by atoms with E-state index in [4.69, 9.17) is 0 Å². The highest BCUT2D eigenvalue weighted by Crippen LogP contribution is 2.31. The molecule has 0 N–H and O–H groups in total. The average molecular weight is 387 g/mol. The fraction of sp³-hybridized carbons (Fsp3) is 0.409. The van der Waals surface area contributed by atoms with Crippen molar-refractivity contribution in [2.24, 2.45) is 0 Å². The van der Waals surface area contributed by atoms with Crippen LogP contribution >= 0.6 is 0 Å². The van der Waals surface area contributed by atoms with E-state index in [1.807, 2.05) is 0 Å². The van der Waals surface area contributed by atoms with Gasteiger partial charge in [0.25, 0.3) is 0 Å². The Kier molecular flexibility index (Phi) is 4.91. The molecule has 28 heavy (non-hydrogen) atoms. The largest absolute Gasteiger partial charge is 0.433 e. The summed E-state index contributed by atoms with van der Waals surface area (Å²) in [6.45, 7) is 4.92. The first-order valence-electron chi connectivity index (χ1n) is 9.64. The highest BCUT2D eigenvalue weighted by Gasteiger charge is 2.32. The maximum atomic E-state index is 12.7. The number of alkyl halides is 3. The maximum absolute atomic E-state index is 12.7. The Balaban J connectivity index is 1.65. The van der Waals surface area contributed by atoms with Crippen molar-refractivity contribution >= 4 is 10.9 Å². The van der Waals surface area contributed by atoms with Gasteiger partial charge in [0.05, 0.1) is 0 Å². The summed E-state index contributed by atoms with van der Waals surface area (Å²) in [5.74, 6) is 0. The molecule has 4 rings (SSSR count). The average Bonchev–Trinajstić information content (AvgIpc) is 2.79. The lowest BCUT2D eigenvalue weighted by Crippen LogP contribution is -2.21. The third-order valence-corrected chi connectivity index (χ3v) is 5.66. The van der Waals surface area contributed by atoms with Gasteiger partial charge >= 0.3 is 6.18 Å². The van der Waals surface area contributed by atoms with Crippen molar-refractivity contribution in [2.45, 2.75) is 38.9 Å². The first-order chi connectivity index (χ1) is 13.3. The van der Waals surface area contributed by atoms with Crippen LogP contribution < -0.4 is 0 Å². The monoisotopic (exact) mass is 387 g/mol. The number of benzene rings is 1. The molecule has 0 bridgehead atoms. The summed E-state index contributed by atoms with van der Waals surface area (Å²) in [5.41, 5.74) is 5.24. The van der Waals surface area contributed by atoms with Gasteiger partial charge in [0, 0.05) is 48.8 Å². The number of aromatic nitrogens is 2. The Bertz CT molecular complexity index is 987. The first kappa shape index (κ1) is 19.0. The third kappa shape index (κ3) is 3.65. The molecule has 0 unspecified atom stereocenters. The van der Waals surface area contributed by atoms with Crippen molar-refractivity contribution in [3.8, 4) is 0 Å². The second-order valence-corrected chi connectivity index (χ2v) is 7.70. The van der Waals surface area contributed by atoms with E-state index >= 15 is 0 Å². The van der Waals surface area contributed by atoms with Crippen molar-refractivity contribution < 1.29 is 13.2 Å². The Morgan fingerprint density at radius 3 is 2.57 bits per heavy atom. The maximum Gasteiger partial charge on any atom is 0.433 e. The number of halogens is 3. The molecule has 2 aromatic heterocycles. The minimum absolute atomic E-state index is 0.658. The SMILES string of the molecule is Cc1ccc2c(c1)c1c(n2CCc2ccc(C(F)(F)F)nc2)CCN(C)CC1. The van der Waals surface area contributed by atoms with Crippen LogP contribution in [0.25, 0.3) is 10.9 Å². The highest BCUT2D eigenvalue weighted by molar-refractivity contribution is 5.86. The summed E-state index contributed by atoms with van der Waals surface area (Å²) in [5, 5.41) is 1.32. The van der Waals surface area contributed by atoms with Crippen LogP contribution in [-0.4, -0.2) is 34.6 Å².